The van der Waals surface area contributed by atoms with E-state index in [0.717, 1.165) is 50.9 Å². The summed E-state index contributed by atoms with van der Waals surface area (Å²) in [6, 6.07) is 48.7. The number of benzene rings is 5. The Balaban J connectivity index is 0.000000157. The van der Waals surface area contributed by atoms with Gasteiger partial charge in [0.25, 0.3) is 0 Å². The molecule has 0 amide bonds. The molecule has 5 aromatic carbocycles. The molecular weight excluding hydrogens is 837 g/mol. The van der Waals surface area contributed by atoms with Crippen molar-refractivity contribution >= 4 is 66.7 Å². The molecule has 1 radical (unpaired) electrons. The van der Waals surface area contributed by atoms with Gasteiger partial charge in [0.1, 0.15) is 5.58 Å². The van der Waals surface area contributed by atoms with Crippen molar-refractivity contribution in [2.24, 2.45) is 0 Å². The maximum atomic E-state index is 6.12. The zero-order chi connectivity index (χ0) is 34.2. The monoisotopic (exact) mass is 873 g/mol. The molecule has 0 bridgehead atoms. The molecule has 0 aliphatic heterocycles. The Bertz CT molecular complexity index is 2620. The van der Waals surface area contributed by atoms with Gasteiger partial charge >= 0.3 is 0 Å². The Hall–Kier alpha value is -4.71. The summed E-state index contributed by atoms with van der Waals surface area (Å²) in [6.45, 7) is 9.23. The number of aromatic nitrogens is 2. The molecule has 0 saturated carbocycles. The van der Waals surface area contributed by atoms with E-state index in [4.69, 9.17) is 9.40 Å². The maximum absolute atomic E-state index is 6.12. The van der Waals surface area contributed by atoms with Crippen LogP contribution in [0.25, 0.3) is 64.6 Å². The van der Waals surface area contributed by atoms with Gasteiger partial charge in [0.05, 0.1) is 13.7 Å². The second-order valence-electron chi connectivity index (χ2n) is 13.7. The number of nitrogens with zero attached hydrogens (tertiary/aromatic N) is 2. The van der Waals surface area contributed by atoms with E-state index in [1.165, 1.54) is 42.0 Å². The van der Waals surface area contributed by atoms with Gasteiger partial charge in [-0.3, -0.25) is 0 Å². The van der Waals surface area contributed by atoms with Crippen LogP contribution in [-0.4, -0.2) is 18.0 Å². The molecule has 9 aromatic rings. The number of aryl methyl sites for hydroxylation is 1. The van der Waals surface area contributed by atoms with Crippen LogP contribution in [0, 0.1) is 19.1 Å². The van der Waals surface area contributed by atoms with Crippen LogP contribution in [0.5, 0.6) is 0 Å². The number of furan rings is 1. The van der Waals surface area contributed by atoms with Crippen LogP contribution in [-0.2, 0) is 26.5 Å². The molecule has 0 unspecified atom stereocenters. The molecule has 0 spiro atoms. The van der Waals surface area contributed by atoms with E-state index < -0.39 is 8.07 Å². The van der Waals surface area contributed by atoms with Gasteiger partial charge in [-0.05, 0) is 62.4 Å². The predicted molar refractivity (Wildman–Crippen MR) is 214 cm³/mol. The van der Waals surface area contributed by atoms with Crippen LogP contribution < -0.4 is 5.19 Å². The van der Waals surface area contributed by atoms with Gasteiger partial charge in [-0.1, -0.05) is 128 Å². The van der Waals surface area contributed by atoms with E-state index in [-0.39, 0.29) is 20.1 Å². The van der Waals surface area contributed by atoms with Crippen molar-refractivity contribution in [2.45, 2.75) is 33.0 Å². The summed E-state index contributed by atoms with van der Waals surface area (Å²) < 4.78 is 8.75. The average Bonchev–Trinajstić information content (AvgIpc) is 3.72. The quantitative estimate of drug-likeness (QED) is 0.128. The third-order valence-electron chi connectivity index (χ3n) is 9.21. The van der Waals surface area contributed by atoms with E-state index in [0.29, 0.717) is 0 Å². The molecule has 0 N–H and O–H groups in total. The number of rotatable bonds is 5. The van der Waals surface area contributed by atoms with Crippen molar-refractivity contribution < 1.29 is 24.5 Å². The van der Waals surface area contributed by atoms with E-state index in [1.54, 1.807) is 0 Å². The summed E-state index contributed by atoms with van der Waals surface area (Å²) in [5, 5.41) is 6.30. The van der Waals surface area contributed by atoms with Gasteiger partial charge in [-0.2, -0.15) is 11.3 Å². The molecule has 6 heteroatoms. The molecule has 4 heterocycles. The van der Waals surface area contributed by atoms with Gasteiger partial charge in [0, 0.05) is 42.6 Å². The van der Waals surface area contributed by atoms with Crippen molar-refractivity contribution in [3.8, 4) is 22.5 Å². The van der Waals surface area contributed by atoms with Crippen molar-refractivity contribution in [1.82, 2.24) is 9.97 Å². The van der Waals surface area contributed by atoms with Crippen molar-refractivity contribution in [3.63, 3.8) is 0 Å². The van der Waals surface area contributed by atoms with Gasteiger partial charge < -0.3 is 14.4 Å². The number of fused-ring (bicyclic) bond motifs is 6. The van der Waals surface area contributed by atoms with Crippen LogP contribution in [0.1, 0.15) is 16.7 Å². The smallest absolute Gasteiger partial charge is 0.120 e. The molecule has 0 aliphatic rings. The average molecular weight is 873 g/mol. The summed E-state index contributed by atoms with van der Waals surface area (Å²) in [6.07, 6.45) is 4.81. The fourth-order valence-electron chi connectivity index (χ4n) is 6.54. The van der Waals surface area contributed by atoms with Crippen LogP contribution in [0.4, 0.5) is 0 Å². The Morgan fingerprint density at radius 1 is 0.706 bits per heavy atom. The van der Waals surface area contributed by atoms with E-state index in [2.05, 4.69) is 141 Å². The molecule has 9 rings (SSSR count). The molecular formula is C45H36IrN2OSSi-2. The molecule has 3 nitrogen and oxygen atoms in total. The van der Waals surface area contributed by atoms with Gasteiger partial charge in [-0.25, -0.2) is 0 Å². The second-order valence-corrected chi connectivity index (χ2v) is 19.9. The Morgan fingerprint density at radius 2 is 1.47 bits per heavy atom. The van der Waals surface area contributed by atoms with E-state index in [9.17, 15) is 0 Å². The number of thiophene rings is 1. The maximum Gasteiger partial charge on any atom is 0.120 e. The van der Waals surface area contributed by atoms with Crippen LogP contribution in [0.3, 0.4) is 0 Å². The predicted octanol–water partition coefficient (Wildman–Crippen LogP) is 11.8. The summed E-state index contributed by atoms with van der Waals surface area (Å²) in [4.78, 5) is 9.36. The van der Waals surface area contributed by atoms with Gasteiger partial charge in [-0.15, -0.1) is 41.5 Å². The fraction of sp³-hybridized carbons (Fsp3) is 0.111. The zero-order valence-electron chi connectivity index (χ0n) is 29.0. The fourth-order valence-corrected chi connectivity index (χ4v) is 8.86. The summed E-state index contributed by atoms with van der Waals surface area (Å²) >= 11 is 1.84. The number of hydrogen-bond acceptors (Lipinski definition) is 4. The van der Waals surface area contributed by atoms with Crippen molar-refractivity contribution in [2.75, 3.05) is 0 Å². The first kappa shape index (κ1) is 34.7. The standard InChI is InChI=1S/C24H16NO.C21H20NSSi.Ir/c1-2-7-17(8-3-1)15-18-13-14-25-22(16-18)21-11-6-10-20-19-9-4-5-12-23(19)26-24(20)21;1-14-9-11-16(18-12-10-15(13-22-18)24(2,3)4)21-20(14)17-7-5-6-8-19(17)23-21;/h1-10,12-14,16H,15H2;5-10,12-13H,1-4H3;/q2*-1;. The van der Waals surface area contributed by atoms with Gasteiger partial charge in [0.2, 0.25) is 0 Å². The van der Waals surface area contributed by atoms with Crippen LogP contribution in [0.2, 0.25) is 19.6 Å². The normalized spacial score (nSPS) is 11.5. The molecule has 253 valence electrons. The SMILES string of the molecule is Cc1c[c-]c(-c2ccc([Si](C)(C)C)cn2)c2sc3ccccc3c12.[Ir].[c-]1ccc2c(oc3ccccc32)c1-c1cc(Cc2ccccc2)ccn1. The summed E-state index contributed by atoms with van der Waals surface area (Å²) in [7, 11) is -1.32. The molecule has 0 saturated heterocycles. The minimum atomic E-state index is -1.32. The molecule has 51 heavy (non-hydrogen) atoms. The topological polar surface area (TPSA) is 38.9 Å². The summed E-state index contributed by atoms with van der Waals surface area (Å²) in [5.74, 6) is 0. The number of hydrogen-bond donors (Lipinski definition) is 0. The van der Waals surface area contributed by atoms with Crippen LogP contribution in [0.15, 0.2) is 138 Å². The first-order valence-electron chi connectivity index (χ1n) is 16.9. The third kappa shape index (κ3) is 6.98. The molecule has 0 fully saturated rings. The van der Waals surface area contributed by atoms with E-state index in [1.807, 2.05) is 47.9 Å². The molecule has 0 aliphatic carbocycles. The Kier molecular flexibility index (Phi) is 9.87. The van der Waals surface area contributed by atoms with Crippen molar-refractivity contribution in [1.29, 1.82) is 0 Å². The number of para-hydroxylation sites is 1. The second kappa shape index (κ2) is 14.5. The van der Waals surface area contributed by atoms with E-state index >= 15 is 0 Å². The largest absolute Gasteiger partial charge is 0.501 e. The minimum Gasteiger partial charge on any atom is -0.501 e. The minimum absolute atomic E-state index is 0. The first-order valence-corrected chi connectivity index (χ1v) is 21.3. The third-order valence-corrected chi connectivity index (χ3v) is 12.4. The van der Waals surface area contributed by atoms with Crippen LogP contribution >= 0.6 is 11.3 Å². The van der Waals surface area contributed by atoms with Gasteiger partial charge in [0.15, 0.2) is 0 Å². The molecule has 0 atom stereocenters. The zero-order valence-corrected chi connectivity index (χ0v) is 33.2. The van der Waals surface area contributed by atoms with Crippen molar-refractivity contribution in [3.05, 3.63) is 163 Å². The Morgan fingerprint density at radius 3 is 2.25 bits per heavy atom. The first-order chi connectivity index (χ1) is 24.3. The Labute approximate surface area is 317 Å². The molecule has 4 aromatic heterocycles. The number of pyridine rings is 2. The summed E-state index contributed by atoms with van der Waals surface area (Å²) in [5.41, 5.74) is 9.48.